The fourth-order valence-corrected chi connectivity index (χ4v) is 2.11. The Morgan fingerprint density at radius 2 is 2.00 bits per heavy atom. The molecule has 6 nitrogen and oxygen atoms in total. The van der Waals surface area contributed by atoms with E-state index in [0.29, 0.717) is 11.0 Å². The largest absolute Gasteiger partial charge is 0.778 e. The summed E-state index contributed by atoms with van der Waals surface area (Å²) in [5, 5.41) is 17.4. The van der Waals surface area contributed by atoms with Crippen LogP contribution in [-0.4, -0.2) is 67.9 Å². The van der Waals surface area contributed by atoms with E-state index in [9.17, 15) is 9.46 Å². The number of aliphatic hydroxyl groups excluding tert-OH is 2. The Morgan fingerprint density at radius 3 is 2.40 bits per heavy atom. The van der Waals surface area contributed by atoms with Crippen LogP contribution in [0.1, 0.15) is 0 Å². The van der Waals surface area contributed by atoms with Crippen LogP contribution in [0.4, 0.5) is 0 Å². The molecule has 0 aromatic rings. The van der Waals surface area contributed by atoms with Crippen molar-refractivity contribution in [3.05, 3.63) is 0 Å². The minimum atomic E-state index is -3.89. The third-order valence-electron chi connectivity index (χ3n) is 1.72. The van der Waals surface area contributed by atoms with Gasteiger partial charge in [0, 0.05) is 0 Å². The number of rotatable bonds is 7. The molecule has 92 valence electrons. The Kier molecular flexibility index (Phi) is 5.95. The Balaban J connectivity index is 3.93. The lowest BCUT2D eigenvalue weighted by atomic mass is 10.4. The highest BCUT2D eigenvalue weighted by molar-refractivity contribution is 7.51. The Hall–Kier alpha value is 0.0300. The summed E-state index contributed by atoms with van der Waals surface area (Å²) in [7, 11) is 1.74. The monoisotopic (exact) mass is 241 g/mol. The maximum atomic E-state index is 11.3. The minimum absolute atomic E-state index is 0.0748. The van der Waals surface area contributed by atoms with Crippen LogP contribution in [0, 0.1) is 0 Å². The van der Waals surface area contributed by atoms with Crippen LogP contribution in [0.25, 0.3) is 0 Å². The maximum Gasteiger partial charge on any atom is 0.140 e. The van der Waals surface area contributed by atoms with Crippen molar-refractivity contribution in [2.45, 2.75) is 6.10 Å². The highest BCUT2D eigenvalue weighted by Crippen LogP contribution is 2.36. The smallest absolute Gasteiger partial charge is 0.140 e. The average Bonchev–Trinajstić information content (AvgIpc) is 2.10. The first-order valence-corrected chi connectivity index (χ1v) is 6.43. The topological polar surface area (TPSA) is 89.8 Å². The molecule has 0 fully saturated rings. The van der Waals surface area contributed by atoms with Gasteiger partial charge in [-0.25, -0.2) is 0 Å². The fraction of sp³-hybridized carbons (Fsp3) is 1.00. The van der Waals surface area contributed by atoms with Crippen molar-refractivity contribution < 1.29 is 28.7 Å². The summed E-state index contributed by atoms with van der Waals surface area (Å²) in [5.74, 6) is 0. The molecule has 0 rings (SSSR count). The molecule has 0 spiro atoms. The van der Waals surface area contributed by atoms with Crippen LogP contribution in [-0.2, 0) is 9.09 Å². The molecule has 0 aliphatic heterocycles. The Labute approximate surface area is 90.2 Å². The predicted octanol–water partition coefficient (Wildman–Crippen LogP) is -1.38. The van der Waals surface area contributed by atoms with Gasteiger partial charge in [0.1, 0.15) is 13.7 Å². The van der Waals surface area contributed by atoms with Gasteiger partial charge in [-0.15, -0.1) is 0 Å². The van der Waals surface area contributed by atoms with Crippen molar-refractivity contribution in [3.63, 3.8) is 0 Å². The van der Waals surface area contributed by atoms with E-state index in [1.807, 2.05) is 21.1 Å². The van der Waals surface area contributed by atoms with Gasteiger partial charge in [0.15, 0.2) is 0 Å². The molecule has 0 aromatic carbocycles. The van der Waals surface area contributed by atoms with Crippen molar-refractivity contribution in [3.8, 4) is 0 Å². The number of nitrogens with zero attached hydrogens (tertiary/aromatic N) is 1. The zero-order valence-corrected chi connectivity index (χ0v) is 10.3. The van der Waals surface area contributed by atoms with Gasteiger partial charge in [0.05, 0.1) is 47.1 Å². The minimum Gasteiger partial charge on any atom is -0.778 e. The molecule has 0 saturated carbocycles. The quantitative estimate of drug-likeness (QED) is 0.423. The van der Waals surface area contributed by atoms with Gasteiger partial charge < -0.3 is 28.7 Å². The number of hydrogen-bond acceptors (Lipinski definition) is 5. The molecule has 0 heterocycles. The van der Waals surface area contributed by atoms with Crippen LogP contribution in [0.2, 0.25) is 0 Å². The van der Waals surface area contributed by atoms with E-state index < -0.39 is 20.3 Å². The summed E-state index contributed by atoms with van der Waals surface area (Å²) in [5.41, 5.74) is 0. The molecule has 2 N–H and O–H groups in total. The second-order valence-electron chi connectivity index (χ2n) is 4.48. The Morgan fingerprint density at radius 1 is 1.47 bits per heavy atom. The first-order chi connectivity index (χ1) is 6.66. The van der Waals surface area contributed by atoms with Crippen LogP contribution < -0.4 is 4.89 Å². The van der Waals surface area contributed by atoms with E-state index in [1.54, 1.807) is 0 Å². The first kappa shape index (κ1) is 15.0. The van der Waals surface area contributed by atoms with Gasteiger partial charge >= 0.3 is 0 Å². The number of aliphatic hydroxyl groups is 2. The molecule has 0 saturated heterocycles. The van der Waals surface area contributed by atoms with E-state index in [4.69, 9.17) is 10.2 Å². The molecule has 0 radical (unpaired) electrons. The second-order valence-corrected chi connectivity index (χ2v) is 6.41. The van der Waals surface area contributed by atoms with Crippen molar-refractivity contribution in [1.82, 2.24) is 0 Å². The predicted molar refractivity (Wildman–Crippen MR) is 54.4 cm³/mol. The lowest BCUT2D eigenvalue weighted by Crippen LogP contribution is -2.38. The van der Waals surface area contributed by atoms with E-state index in [2.05, 4.69) is 4.52 Å². The van der Waals surface area contributed by atoms with Crippen LogP contribution in [0.15, 0.2) is 0 Å². The lowest BCUT2D eigenvalue weighted by Gasteiger charge is -2.29. The standard InChI is InChI=1S/C8H20NO5P/c1-9(2,3)4-5-15(12,13)14-7-8(11)6-10/h8,10-11H,4-7H2,1-3H3. The number of hydrogen-bond donors (Lipinski definition) is 2. The summed E-state index contributed by atoms with van der Waals surface area (Å²) in [4.78, 5) is 11.3. The lowest BCUT2D eigenvalue weighted by molar-refractivity contribution is -0.868. The van der Waals surface area contributed by atoms with Crippen LogP contribution in [0.3, 0.4) is 0 Å². The molecule has 0 aromatic heterocycles. The average molecular weight is 241 g/mol. The fourth-order valence-electron chi connectivity index (χ4n) is 0.739. The summed E-state index contributed by atoms with van der Waals surface area (Å²) < 4.78 is 16.4. The van der Waals surface area contributed by atoms with Crippen molar-refractivity contribution in [1.29, 1.82) is 0 Å². The van der Waals surface area contributed by atoms with Gasteiger partial charge in [-0.05, 0) is 0 Å². The van der Waals surface area contributed by atoms with Gasteiger partial charge in [0.25, 0.3) is 0 Å². The third-order valence-corrected chi connectivity index (χ3v) is 3.01. The van der Waals surface area contributed by atoms with Crippen molar-refractivity contribution in [2.24, 2.45) is 0 Å². The zero-order chi connectivity index (χ0) is 12.1. The third kappa shape index (κ3) is 8.99. The summed E-state index contributed by atoms with van der Waals surface area (Å²) in [6, 6.07) is 0. The number of quaternary nitrogens is 1. The van der Waals surface area contributed by atoms with E-state index in [-0.39, 0.29) is 12.8 Å². The molecule has 0 bridgehead atoms. The molecule has 0 amide bonds. The van der Waals surface area contributed by atoms with Crippen molar-refractivity contribution in [2.75, 3.05) is 47.1 Å². The van der Waals surface area contributed by atoms with Crippen LogP contribution in [0.5, 0.6) is 0 Å². The first-order valence-electron chi connectivity index (χ1n) is 4.70. The second kappa shape index (κ2) is 5.94. The highest BCUT2D eigenvalue weighted by atomic mass is 31.2. The molecule has 2 unspecified atom stereocenters. The SMILES string of the molecule is C[N+](C)(C)CCP(=O)([O-])OCC(O)CO. The molecular weight excluding hydrogens is 221 g/mol. The molecule has 0 aliphatic carbocycles. The van der Waals surface area contributed by atoms with Gasteiger partial charge in [0.2, 0.25) is 0 Å². The van der Waals surface area contributed by atoms with Gasteiger partial charge in [-0.1, -0.05) is 0 Å². The van der Waals surface area contributed by atoms with E-state index in [1.165, 1.54) is 0 Å². The molecule has 7 heteroatoms. The normalized spacial score (nSPS) is 18.5. The van der Waals surface area contributed by atoms with Crippen molar-refractivity contribution >= 4 is 7.60 Å². The van der Waals surface area contributed by atoms with E-state index in [0.717, 1.165) is 0 Å². The maximum absolute atomic E-state index is 11.3. The molecule has 0 aliphatic rings. The molecule has 15 heavy (non-hydrogen) atoms. The Bertz CT molecular complexity index is 228. The summed E-state index contributed by atoms with van der Waals surface area (Å²) in [6.07, 6.45) is -1.22. The van der Waals surface area contributed by atoms with Gasteiger partial charge in [-0.3, -0.25) is 0 Å². The van der Waals surface area contributed by atoms with E-state index >= 15 is 0 Å². The summed E-state index contributed by atoms with van der Waals surface area (Å²) >= 11 is 0. The highest BCUT2D eigenvalue weighted by Gasteiger charge is 2.16. The summed E-state index contributed by atoms with van der Waals surface area (Å²) in [6.45, 7) is -0.445. The zero-order valence-electron chi connectivity index (χ0n) is 9.42. The molecule has 2 atom stereocenters. The molecular formula is C8H20NO5P. The van der Waals surface area contributed by atoms with Gasteiger partial charge in [-0.2, -0.15) is 0 Å². The van der Waals surface area contributed by atoms with Crippen LogP contribution >= 0.6 is 7.60 Å².